The molecular weight excluding hydrogens is 256 g/mol. The molecule has 19 heavy (non-hydrogen) atoms. The second kappa shape index (κ2) is 5.70. The highest BCUT2D eigenvalue weighted by molar-refractivity contribution is 6.31. The zero-order chi connectivity index (χ0) is 13.2. The van der Waals surface area contributed by atoms with Crippen molar-refractivity contribution in [1.82, 2.24) is 4.98 Å². The van der Waals surface area contributed by atoms with E-state index < -0.39 is 0 Å². The van der Waals surface area contributed by atoms with Crippen LogP contribution in [0.15, 0.2) is 12.3 Å². The maximum absolute atomic E-state index is 6.18. The van der Waals surface area contributed by atoms with Gasteiger partial charge in [-0.3, -0.25) is 0 Å². The molecule has 3 rings (SSSR count). The Hall–Kier alpha value is -0.760. The van der Waals surface area contributed by atoms with Crippen LogP contribution in [-0.4, -0.2) is 11.0 Å². The van der Waals surface area contributed by atoms with Crippen molar-refractivity contribution in [3.05, 3.63) is 23.0 Å². The second-order valence-corrected chi connectivity index (χ2v) is 6.67. The fourth-order valence-electron chi connectivity index (χ4n) is 3.88. The molecule has 2 saturated carbocycles. The summed E-state index contributed by atoms with van der Waals surface area (Å²) in [4.78, 5) is 4.23. The van der Waals surface area contributed by atoms with Gasteiger partial charge in [-0.15, -0.1) is 0 Å². The van der Waals surface area contributed by atoms with Crippen LogP contribution < -0.4 is 5.32 Å². The van der Waals surface area contributed by atoms with Crippen molar-refractivity contribution in [3.63, 3.8) is 0 Å². The molecule has 0 saturated heterocycles. The van der Waals surface area contributed by atoms with Crippen LogP contribution in [0.3, 0.4) is 0 Å². The summed E-state index contributed by atoms with van der Waals surface area (Å²) in [7, 11) is 0. The quantitative estimate of drug-likeness (QED) is 0.785. The number of aryl methyl sites for hydroxylation is 1. The third-order valence-corrected chi connectivity index (χ3v) is 5.18. The monoisotopic (exact) mass is 278 g/mol. The van der Waals surface area contributed by atoms with E-state index in [1.165, 1.54) is 50.5 Å². The molecule has 0 spiro atoms. The first-order valence-electron chi connectivity index (χ1n) is 7.61. The lowest BCUT2D eigenvalue weighted by Gasteiger charge is -2.39. The van der Waals surface area contributed by atoms with Crippen LogP contribution in [0.1, 0.15) is 50.5 Å². The van der Waals surface area contributed by atoms with Crippen molar-refractivity contribution in [2.75, 3.05) is 5.32 Å². The summed E-state index contributed by atoms with van der Waals surface area (Å²) in [6.07, 6.45) is 11.6. The Labute approximate surface area is 121 Å². The van der Waals surface area contributed by atoms with E-state index >= 15 is 0 Å². The molecular formula is C16H23ClN2. The van der Waals surface area contributed by atoms with Gasteiger partial charge in [-0.05, 0) is 49.7 Å². The molecule has 2 nitrogen and oxygen atoms in total. The first-order valence-corrected chi connectivity index (χ1v) is 7.99. The van der Waals surface area contributed by atoms with Crippen molar-refractivity contribution in [2.45, 2.75) is 57.9 Å². The number of nitrogens with zero attached hydrogens (tertiary/aromatic N) is 1. The first kappa shape index (κ1) is 13.2. The number of anilines is 1. The standard InChI is InChI=1S/C16H23ClN2/c1-11-8-15(16(17)18-10-11)19-14-7-6-12-4-2-3-5-13(12)9-14/h8,10,12-14,19H,2-7,9H2,1H3. The minimum Gasteiger partial charge on any atom is -0.380 e. The summed E-state index contributed by atoms with van der Waals surface area (Å²) >= 11 is 6.18. The SMILES string of the molecule is Cc1cnc(Cl)c(NC2CCC3CCCCC3C2)c1. The van der Waals surface area contributed by atoms with Crippen LogP contribution in [0.2, 0.25) is 5.15 Å². The summed E-state index contributed by atoms with van der Waals surface area (Å²) in [5.74, 6) is 1.94. The molecule has 3 atom stereocenters. The van der Waals surface area contributed by atoms with Crippen molar-refractivity contribution >= 4 is 17.3 Å². The number of halogens is 1. The summed E-state index contributed by atoms with van der Waals surface area (Å²) in [6.45, 7) is 2.06. The highest BCUT2D eigenvalue weighted by atomic mass is 35.5. The van der Waals surface area contributed by atoms with Gasteiger partial charge in [0, 0.05) is 12.2 Å². The molecule has 0 bridgehead atoms. The Balaban J connectivity index is 1.65. The molecule has 104 valence electrons. The number of hydrogen-bond donors (Lipinski definition) is 1. The molecule has 0 aromatic carbocycles. The average Bonchev–Trinajstić information content (AvgIpc) is 2.43. The van der Waals surface area contributed by atoms with Crippen LogP contribution in [-0.2, 0) is 0 Å². The number of nitrogens with one attached hydrogen (secondary N) is 1. The Kier molecular flexibility index (Phi) is 3.97. The Morgan fingerprint density at radius 2 is 1.95 bits per heavy atom. The molecule has 3 heteroatoms. The fourth-order valence-corrected chi connectivity index (χ4v) is 4.04. The van der Waals surface area contributed by atoms with E-state index in [2.05, 4.69) is 23.3 Å². The van der Waals surface area contributed by atoms with Crippen LogP contribution in [0, 0.1) is 18.8 Å². The number of rotatable bonds is 2. The van der Waals surface area contributed by atoms with Gasteiger partial charge >= 0.3 is 0 Å². The summed E-state index contributed by atoms with van der Waals surface area (Å²) in [5, 5.41) is 4.24. The van der Waals surface area contributed by atoms with Crippen LogP contribution in [0.4, 0.5) is 5.69 Å². The van der Waals surface area contributed by atoms with Gasteiger partial charge in [0.15, 0.2) is 5.15 Å². The lowest BCUT2D eigenvalue weighted by Crippen LogP contribution is -2.34. The van der Waals surface area contributed by atoms with E-state index in [9.17, 15) is 0 Å². The van der Waals surface area contributed by atoms with Gasteiger partial charge in [-0.2, -0.15) is 0 Å². The van der Waals surface area contributed by atoms with Gasteiger partial charge in [-0.25, -0.2) is 4.98 Å². The smallest absolute Gasteiger partial charge is 0.152 e. The van der Waals surface area contributed by atoms with Crippen molar-refractivity contribution in [2.24, 2.45) is 11.8 Å². The molecule has 2 aliphatic carbocycles. The Morgan fingerprint density at radius 3 is 2.79 bits per heavy atom. The molecule has 0 amide bonds. The summed E-state index contributed by atoms with van der Waals surface area (Å²) in [6, 6.07) is 2.70. The molecule has 0 radical (unpaired) electrons. The van der Waals surface area contributed by atoms with Gasteiger partial charge in [0.1, 0.15) is 0 Å². The molecule has 1 aromatic heterocycles. The van der Waals surface area contributed by atoms with E-state index in [4.69, 9.17) is 11.6 Å². The van der Waals surface area contributed by atoms with E-state index in [0.717, 1.165) is 17.5 Å². The number of fused-ring (bicyclic) bond motifs is 1. The van der Waals surface area contributed by atoms with Crippen molar-refractivity contribution in [1.29, 1.82) is 0 Å². The largest absolute Gasteiger partial charge is 0.380 e. The predicted octanol–water partition coefficient (Wildman–Crippen LogP) is 4.81. The van der Waals surface area contributed by atoms with Gasteiger partial charge in [0.05, 0.1) is 5.69 Å². The summed E-state index contributed by atoms with van der Waals surface area (Å²) in [5.41, 5.74) is 2.18. The second-order valence-electron chi connectivity index (χ2n) is 6.31. The van der Waals surface area contributed by atoms with E-state index in [0.29, 0.717) is 11.2 Å². The zero-order valence-electron chi connectivity index (χ0n) is 11.7. The van der Waals surface area contributed by atoms with Crippen LogP contribution >= 0.6 is 11.6 Å². The third-order valence-electron chi connectivity index (χ3n) is 4.88. The van der Waals surface area contributed by atoms with Gasteiger partial charge in [0.25, 0.3) is 0 Å². The first-order chi connectivity index (χ1) is 9.22. The number of pyridine rings is 1. The van der Waals surface area contributed by atoms with E-state index in [1.54, 1.807) is 0 Å². The highest BCUT2D eigenvalue weighted by Gasteiger charge is 2.32. The van der Waals surface area contributed by atoms with Crippen molar-refractivity contribution in [3.8, 4) is 0 Å². The zero-order valence-corrected chi connectivity index (χ0v) is 12.4. The van der Waals surface area contributed by atoms with Crippen molar-refractivity contribution < 1.29 is 0 Å². The number of hydrogen-bond acceptors (Lipinski definition) is 2. The lowest BCUT2D eigenvalue weighted by molar-refractivity contribution is 0.162. The molecule has 2 fully saturated rings. The van der Waals surface area contributed by atoms with Crippen LogP contribution in [0.25, 0.3) is 0 Å². The van der Waals surface area contributed by atoms with E-state index in [1.807, 2.05) is 6.20 Å². The number of aromatic nitrogens is 1. The van der Waals surface area contributed by atoms with E-state index in [-0.39, 0.29) is 0 Å². The maximum atomic E-state index is 6.18. The molecule has 2 aliphatic rings. The minimum absolute atomic E-state index is 0.584. The normalized spacial score (nSPS) is 30.7. The fraction of sp³-hybridized carbons (Fsp3) is 0.688. The molecule has 1 aromatic rings. The predicted molar refractivity (Wildman–Crippen MR) is 80.7 cm³/mol. The van der Waals surface area contributed by atoms with Gasteiger partial charge < -0.3 is 5.32 Å². The minimum atomic E-state index is 0.584. The van der Waals surface area contributed by atoms with Gasteiger partial charge in [-0.1, -0.05) is 37.3 Å². The average molecular weight is 279 g/mol. The highest BCUT2D eigenvalue weighted by Crippen LogP contribution is 2.41. The summed E-state index contributed by atoms with van der Waals surface area (Å²) < 4.78 is 0. The van der Waals surface area contributed by atoms with Gasteiger partial charge in [0.2, 0.25) is 0 Å². The lowest BCUT2D eigenvalue weighted by atomic mass is 9.69. The Bertz CT molecular complexity index is 446. The Morgan fingerprint density at radius 1 is 1.16 bits per heavy atom. The third kappa shape index (κ3) is 3.05. The molecule has 0 aliphatic heterocycles. The molecule has 1 heterocycles. The molecule has 1 N–H and O–H groups in total. The molecule has 3 unspecified atom stereocenters. The maximum Gasteiger partial charge on any atom is 0.152 e. The topological polar surface area (TPSA) is 24.9 Å². The van der Waals surface area contributed by atoms with Crippen LogP contribution in [0.5, 0.6) is 0 Å².